The number of hydrogen-bond acceptors (Lipinski definition) is 5. The van der Waals surface area contributed by atoms with Crippen LogP contribution in [0.25, 0.3) is 10.9 Å². The third-order valence-electron chi connectivity index (χ3n) is 4.70. The summed E-state index contributed by atoms with van der Waals surface area (Å²) in [7, 11) is 0. The number of aromatic amines is 1. The Labute approximate surface area is 189 Å². The van der Waals surface area contributed by atoms with Gasteiger partial charge in [-0.2, -0.15) is 0 Å². The second-order valence-electron chi connectivity index (χ2n) is 9.21. The van der Waals surface area contributed by atoms with E-state index in [1.165, 1.54) is 0 Å². The maximum atomic E-state index is 13.1. The molecule has 8 heteroatoms. The Kier molecular flexibility index (Phi) is 8.69. The van der Waals surface area contributed by atoms with Gasteiger partial charge in [0.05, 0.1) is 6.61 Å². The minimum Gasteiger partial charge on any atom is -0.464 e. The zero-order valence-corrected chi connectivity index (χ0v) is 19.8. The monoisotopic (exact) mass is 445 g/mol. The largest absolute Gasteiger partial charge is 0.464 e. The molecule has 2 rings (SSSR count). The fourth-order valence-corrected chi connectivity index (χ4v) is 3.38. The molecule has 0 bridgehead atoms. The van der Waals surface area contributed by atoms with E-state index in [9.17, 15) is 14.4 Å². The Bertz CT molecular complexity index is 929. The second-order valence-corrected chi connectivity index (χ2v) is 9.21. The Hall–Kier alpha value is -3.03. The third kappa shape index (κ3) is 7.59. The SMILES string of the molecule is CCOC(=O)[C@H](Cc1c[nH]c2ccccc12)NC(=O)[C@@H](CC(C)C)NC(=O)OC(C)(C)C. The molecular formula is C24H35N3O5. The van der Waals surface area contributed by atoms with Gasteiger partial charge in [0.1, 0.15) is 17.7 Å². The molecule has 1 aromatic carbocycles. The summed E-state index contributed by atoms with van der Waals surface area (Å²) in [5.74, 6) is -0.843. The van der Waals surface area contributed by atoms with Gasteiger partial charge in [-0.15, -0.1) is 0 Å². The number of alkyl carbamates (subject to hydrolysis) is 1. The first kappa shape index (κ1) is 25.2. The van der Waals surface area contributed by atoms with Crippen molar-refractivity contribution in [3.8, 4) is 0 Å². The molecule has 8 nitrogen and oxygen atoms in total. The summed E-state index contributed by atoms with van der Waals surface area (Å²) in [4.78, 5) is 41.2. The molecule has 0 aliphatic carbocycles. The number of H-pyrrole nitrogens is 1. The normalized spacial score (nSPS) is 13.5. The molecule has 176 valence electrons. The second kappa shape index (κ2) is 11.0. The van der Waals surface area contributed by atoms with Gasteiger partial charge >= 0.3 is 12.1 Å². The lowest BCUT2D eigenvalue weighted by atomic mass is 10.0. The quantitative estimate of drug-likeness (QED) is 0.510. The number of hydrogen-bond donors (Lipinski definition) is 3. The average Bonchev–Trinajstić information content (AvgIpc) is 3.08. The van der Waals surface area contributed by atoms with Crippen molar-refractivity contribution in [1.29, 1.82) is 0 Å². The number of amides is 2. The number of ether oxygens (including phenoxy) is 2. The van der Waals surface area contributed by atoms with Crippen LogP contribution < -0.4 is 10.6 Å². The number of aromatic nitrogens is 1. The molecule has 0 aliphatic heterocycles. The third-order valence-corrected chi connectivity index (χ3v) is 4.70. The zero-order chi connectivity index (χ0) is 23.9. The van der Waals surface area contributed by atoms with E-state index in [0.717, 1.165) is 16.5 Å². The summed E-state index contributed by atoms with van der Waals surface area (Å²) in [6.07, 6.45) is 1.80. The van der Waals surface area contributed by atoms with Crippen molar-refractivity contribution >= 4 is 28.9 Å². The van der Waals surface area contributed by atoms with Crippen LogP contribution in [0.2, 0.25) is 0 Å². The Morgan fingerprint density at radius 1 is 1.06 bits per heavy atom. The highest BCUT2D eigenvalue weighted by atomic mass is 16.6. The lowest BCUT2D eigenvalue weighted by molar-refractivity contribution is -0.147. The van der Waals surface area contributed by atoms with E-state index in [1.54, 1.807) is 27.7 Å². The van der Waals surface area contributed by atoms with Crippen molar-refractivity contribution in [2.75, 3.05) is 6.61 Å². The molecule has 2 amide bonds. The number of carbonyl (C=O) groups is 3. The summed E-state index contributed by atoms with van der Waals surface area (Å²) < 4.78 is 10.5. The van der Waals surface area contributed by atoms with Crippen LogP contribution in [-0.4, -0.2) is 47.2 Å². The van der Waals surface area contributed by atoms with Crippen molar-refractivity contribution < 1.29 is 23.9 Å². The van der Waals surface area contributed by atoms with Crippen LogP contribution in [-0.2, 0) is 25.5 Å². The van der Waals surface area contributed by atoms with E-state index < -0.39 is 35.7 Å². The predicted molar refractivity (Wildman–Crippen MR) is 123 cm³/mol. The van der Waals surface area contributed by atoms with E-state index >= 15 is 0 Å². The van der Waals surface area contributed by atoms with Gasteiger partial charge in [-0.05, 0) is 51.7 Å². The highest BCUT2D eigenvalue weighted by Crippen LogP contribution is 2.20. The van der Waals surface area contributed by atoms with Crippen molar-refractivity contribution in [1.82, 2.24) is 15.6 Å². The molecule has 1 aromatic heterocycles. The molecule has 0 saturated carbocycles. The maximum Gasteiger partial charge on any atom is 0.408 e. The summed E-state index contributed by atoms with van der Waals surface area (Å²) in [5.41, 5.74) is 1.14. The lowest BCUT2D eigenvalue weighted by Crippen LogP contribution is -2.53. The standard InChI is InChI=1S/C24H35N3O5/c1-7-31-22(29)20(13-16-14-25-18-11-9-8-10-17(16)18)26-21(28)19(12-15(2)3)27-23(30)32-24(4,5)6/h8-11,14-15,19-20,25H,7,12-13H2,1-6H3,(H,26,28)(H,27,30)/t19-,20+/m1/s1. The topological polar surface area (TPSA) is 110 Å². The number of carbonyl (C=O) groups excluding carboxylic acids is 3. The number of rotatable bonds is 9. The molecule has 32 heavy (non-hydrogen) atoms. The van der Waals surface area contributed by atoms with Gasteiger partial charge in [-0.25, -0.2) is 9.59 Å². The van der Waals surface area contributed by atoms with E-state index in [2.05, 4.69) is 15.6 Å². The minimum atomic E-state index is -0.892. The van der Waals surface area contributed by atoms with Gasteiger partial charge in [-0.3, -0.25) is 4.79 Å². The molecule has 2 aromatic rings. The highest BCUT2D eigenvalue weighted by Gasteiger charge is 2.30. The lowest BCUT2D eigenvalue weighted by Gasteiger charge is -2.25. The van der Waals surface area contributed by atoms with E-state index in [-0.39, 0.29) is 18.9 Å². The Morgan fingerprint density at radius 2 is 1.75 bits per heavy atom. The summed E-state index contributed by atoms with van der Waals surface area (Å²) in [6.45, 7) is 11.1. The highest BCUT2D eigenvalue weighted by molar-refractivity contribution is 5.90. The molecule has 2 atom stereocenters. The van der Waals surface area contributed by atoms with Crippen molar-refractivity contribution in [2.45, 2.75) is 72.1 Å². The van der Waals surface area contributed by atoms with Gasteiger partial charge in [-0.1, -0.05) is 32.0 Å². The van der Waals surface area contributed by atoms with E-state index in [0.29, 0.717) is 6.42 Å². The molecule has 0 unspecified atom stereocenters. The van der Waals surface area contributed by atoms with Crippen molar-refractivity contribution in [3.63, 3.8) is 0 Å². The van der Waals surface area contributed by atoms with E-state index in [4.69, 9.17) is 9.47 Å². The van der Waals surface area contributed by atoms with Crippen LogP contribution in [0.1, 0.15) is 53.5 Å². The van der Waals surface area contributed by atoms with Gasteiger partial charge in [0.25, 0.3) is 0 Å². The zero-order valence-electron chi connectivity index (χ0n) is 19.8. The first-order valence-corrected chi connectivity index (χ1v) is 11.0. The molecular weight excluding hydrogens is 410 g/mol. The Morgan fingerprint density at radius 3 is 2.38 bits per heavy atom. The predicted octanol–water partition coefficient (Wildman–Crippen LogP) is 3.70. The van der Waals surface area contributed by atoms with E-state index in [1.807, 2.05) is 44.3 Å². The Balaban J connectivity index is 2.19. The van der Waals surface area contributed by atoms with Gasteiger partial charge in [0.2, 0.25) is 5.91 Å². The molecule has 0 spiro atoms. The summed E-state index contributed by atoms with van der Waals surface area (Å²) in [5, 5.41) is 6.39. The molecule has 3 N–H and O–H groups in total. The molecule has 0 fully saturated rings. The molecule has 0 radical (unpaired) electrons. The van der Waals surface area contributed by atoms with Crippen LogP contribution in [0.4, 0.5) is 4.79 Å². The van der Waals surface area contributed by atoms with Gasteiger partial charge in [0, 0.05) is 23.5 Å². The number of fused-ring (bicyclic) bond motifs is 1. The van der Waals surface area contributed by atoms with Gasteiger partial charge in [0.15, 0.2) is 0 Å². The number of para-hydroxylation sites is 1. The van der Waals surface area contributed by atoms with Crippen LogP contribution in [0.3, 0.4) is 0 Å². The minimum absolute atomic E-state index is 0.135. The number of nitrogens with one attached hydrogen (secondary N) is 3. The fraction of sp³-hybridized carbons (Fsp3) is 0.542. The molecule has 1 heterocycles. The number of benzene rings is 1. The summed E-state index contributed by atoms with van der Waals surface area (Å²) in [6, 6.07) is 6.01. The van der Waals surface area contributed by atoms with Crippen molar-refractivity contribution in [3.05, 3.63) is 36.0 Å². The fourth-order valence-electron chi connectivity index (χ4n) is 3.38. The first-order valence-electron chi connectivity index (χ1n) is 11.0. The molecule has 0 saturated heterocycles. The van der Waals surface area contributed by atoms with Crippen LogP contribution in [0.5, 0.6) is 0 Å². The summed E-state index contributed by atoms with van der Waals surface area (Å²) >= 11 is 0. The van der Waals surface area contributed by atoms with Crippen LogP contribution in [0, 0.1) is 5.92 Å². The maximum absolute atomic E-state index is 13.1. The van der Waals surface area contributed by atoms with Crippen molar-refractivity contribution in [2.24, 2.45) is 5.92 Å². The van der Waals surface area contributed by atoms with Crippen LogP contribution >= 0.6 is 0 Å². The average molecular weight is 446 g/mol. The smallest absolute Gasteiger partial charge is 0.408 e. The van der Waals surface area contributed by atoms with Crippen LogP contribution in [0.15, 0.2) is 30.5 Å². The number of esters is 1. The molecule has 0 aliphatic rings. The van der Waals surface area contributed by atoms with Gasteiger partial charge < -0.3 is 25.1 Å². The first-order chi connectivity index (χ1) is 15.0.